The van der Waals surface area contributed by atoms with Crippen LogP contribution in [0.2, 0.25) is 0 Å². The normalized spacial score (nSPS) is 15.5. The van der Waals surface area contributed by atoms with Crippen molar-refractivity contribution in [3.05, 3.63) is 52.6 Å². The van der Waals surface area contributed by atoms with E-state index in [1.807, 2.05) is 24.3 Å². The molecule has 3 rings (SSSR count). The Morgan fingerprint density at radius 2 is 1.79 bits per heavy atom. The van der Waals surface area contributed by atoms with E-state index < -0.39 is 10.0 Å². The molecule has 5 nitrogen and oxygen atoms in total. The Morgan fingerprint density at radius 1 is 1.07 bits per heavy atom. The molecule has 1 aromatic carbocycles. The van der Waals surface area contributed by atoms with Crippen LogP contribution in [0.1, 0.15) is 42.5 Å². The number of sulfonamides is 1. The van der Waals surface area contributed by atoms with E-state index in [2.05, 4.69) is 20.9 Å². The third-order valence-electron chi connectivity index (χ3n) is 4.63. The molecular formula is C20H23BrN2O3S2. The molecule has 1 aromatic heterocycles. The number of hydrogen-bond donors (Lipinski definition) is 0. The second-order valence-electron chi connectivity index (χ2n) is 6.68. The summed E-state index contributed by atoms with van der Waals surface area (Å²) in [5.74, 6) is 0.886. The second-order valence-corrected chi connectivity index (χ2v) is 10.6. The average molecular weight is 483 g/mol. The highest BCUT2D eigenvalue weighted by Gasteiger charge is 2.26. The van der Waals surface area contributed by atoms with Crippen LogP contribution in [0, 0.1) is 0 Å². The highest BCUT2D eigenvalue weighted by Crippen LogP contribution is 2.23. The first kappa shape index (κ1) is 21.5. The molecule has 28 heavy (non-hydrogen) atoms. The smallest absolute Gasteiger partial charge is 0.244 e. The van der Waals surface area contributed by atoms with Crippen molar-refractivity contribution in [2.24, 2.45) is 0 Å². The maximum atomic E-state index is 12.6. The number of pyridine rings is 1. The van der Waals surface area contributed by atoms with Crippen molar-refractivity contribution < 1.29 is 13.2 Å². The van der Waals surface area contributed by atoms with Gasteiger partial charge in [0.25, 0.3) is 0 Å². The van der Waals surface area contributed by atoms with Crippen LogP contribution in [0.5, 0.6) is 0 Å². The zero-order chi connectivity index (χ0) is 20.0. The quantitative estimate of drug-likeness (QED) is 0.307. The van der Waals surface area contributed by atoms with Crippen LogP contribution in [0.15, 0.2) is 57.0 Å². The van der Waals surface area contributed by atoms with Crippen LogP contribution < -0.4 is 0 Å². The Morgan fingerprint density at radius 3 is 2.43 bits per heavy atom. The van der Waals surface area contributed by atoms with Crippen LogP contribution in [0.25, 0.3) is 0 Å². The summed E-state index contributed by atoms with van der Waals surface area (Å²) >= 11 is 4.90. The highest BCUT2D eigenvalue weighted by atomic mass is 79.9. The summed E-state index contributed by atoms with van der Waals surface area (Å²) in [4.78, 5) is 16.7. The number of thioether (sulfide) groups is 1. The number of hydrogen-bond acceptors (Lipinski definition) is 5. The SMILES string of the molecule is O=C(CCCSc1ccc(S(=O)(=O)N2CCCCC2)cn1)c1ccc(Br)cc1. The third-order valence-corrected chi connectivity index (χ3v) is 8.07. The number of nitrogens with zero attached hydrogens (tertiary/aromatic N) is 2. The van der Waals surface area contributed by atoms with E-state index in [9.17, 15) is 13.2 Å². The summed E-state index contributed by atoms with van der Waals surface area (Å²) in [7, 11) is -3.44. The molecule has 0 unspecified atom stereocenters. The van der Waals surface area contributed by atoms with E-state index in [1.54, 1.807) is 16.4 Å². The van der Waals surface area contributed by atoms with Gasteiger partial charge in [-0.25, -0.2) is 13.4 Å². The standard InChI is InChI=1S/C20H23BrN2O3S2/c21-17-8-6-16(7-9-17)19(24)5-4-14-27-20-11-10-18(15-22-20)28(25,26)23-12-2-1-3-13-23/h6-11,15H,1-5,12-14H2. The summed E-state index contributed by atoms with van der Waals surface area (Å²) in [6, 6.07) is 10.8. The van der Waals surface area contributed by atoms with E-state index >= 15 is 0 Å². The molecular weight excluding hydrogens is 460 g/mol. The first-order valence-electron chi connectivity index (χ1n) is 9.34. The van der Waals surface area contributed by atoms with Crippen molar-refractivity contribution in [1.29, 1.82) is 0 Å². The number of carbonyl (C=O) groups excluding carboxylic acids is 1. The molecule has 1 fully saturated rings. The van der Waals surface area contributed by atoms with E-state index in [1.165, 1.54) is 18.0 Å². The third kappa shape index (κ3) is 5.65. The van der Waals surface area contributed by atoms with Crippen molar-refractivity contribution >= 4 is 43.5 Å². The number of benzene rings is 1. The van der Waals surface area contributed by atoms with Gasteiger partial charge in [-0.1, -0.05) is 34.5 Å². The van der Waals surface area contributed by atoms with Gasteiger partial charge in [0.2, 0.25) is 10.0 Å². The van der Waals surface area contributed by atoms with Crippen LogP contribution in [-0.2, 0) is 10.0 Å². The Labute approximate surface area is 179 Å². The molecule has 150 valence electrons. The second kappa shape index (κ2) is 10.0. The predicted octanol–water partition coefficient (Wildman–Crippen LogP) is 4.77. The van der Waals surface area contributed by atoms with E-state index in [0.29, 0.717) is 19.5 Å². The van der Waals surface area contributed by atoms with E-state index in [4.69, 9.17) is 0 Å². The Hall–Kier alpha value is -1.22. The van der Waals surface area contributed by atoms with Crippen LogP contribution >= 0.6 is 27.7 Å². The maximum absolute atomic E-state index is 12.6. The molecule has 0 atom stereocenters. The minimum atomic E-state index is -3.44. The monoisotopic (exact) mass is 482 g/mol. The predicted molar refractivity (Wildman–Crippen MR) is 115 cm³/mol. The highest BCUT2D eigenvalue weighted by molar-refractivity contribution is 9.10. The van der Waals surface area contributed by atoms with Crippen LogP contribution in [0.3, 0.4) is 0 Å². The van der Waals surface area contributed by atoms with Gasteiger partial charge in [0, 0.05) is 35.7 Å². The number of ketones is 1. The van der Waals surface area contributed by atoms with Gasteiger partial charge in [-0.05, 0) is 49.3 Å². The summed E-state index contributed by atoms with van der Waals surface area (Å²) in [5.41, 5.74) is 0.721. The molecule has 0 amide bonds. The largest absolute Gasteiger partial charge is 0.294 e. The van der Waals surface area contributed by atoms with Crippen LogP contribution in [0.4, 0.5) is 0 Å². The molecule has 0 spiro atoms. The Bertz CT molecular complexity index is 894. The average Bonchev–Trinajstić information content (AvgIpc) is 2.72. The molecule has 2 aromatic rings. The molecule has 0 saturated carbocycles. The first-order chi connectivity index (χ1) is 13.5. The van der Waals surface area contributed by atoms with Gasteiger partial charge in [-0.2, -0.15) is 4.31 Å². The molecule has 1 aliphatic rings. The topological polar surface area (TPSA) is 67.3 Å². The van der Waals surface area contributed by atoms with Gasteiger partial charge in [0.05, 0.1) is 5.03 Å². The Kier molecular flexibility index (Phi) is 7.68. The molecule has 0 bridgehead atoms. The van der Waals surface area contributed by atoms with Crippen LogP contribution in [-0.4, -0.2) is 42.3 Å². The fraction of sp³-hybridized carbons (Fsp3) is 0.400. The number of halogens is 1. The lowest BCUT2D eigenvalue weighted by atomic mass is 10.1. The van der Waals surface area contributed by atoms with Crippen molar-refractivity contribution in [2.75, 3.05) is 18.8 Å². The first-order valence-corrected chi connectivity index (χ1v) is 12.6. The van der Waals surface area contributed by atoms with Gasteiger partial charge < -0.3 is 0 Å². The van der Waals surface area contributed by atoms with Gasteiger partial charge in [0.15, 0.2) is 5.78 Å². The molecule has 1 aliphatic heterocycles. The van der Waals surface area contributed by atoms with Gasteiger partial charge in [-0.15, -0.1) is 11.8 Å². The maximum Gasteiger partial charge on any atom is 0.244 e. The number of rotatable bonds is 8. The lowest BCUT2D eigenvalue weighted by Gasteiger charge is -2.25. The molecule has 0 N–H and O–H groups in total. The van der Waals surface area contributed by atoms with Gasteiger partial charge >= 0.3 is 0 Å². The number of piperidine rings is 1. The molecule has 2 heterocycles. The molecule has 1 saturated heterocycles. The minimum Gasteiger partial charge on any atom is -0.294 e. The number of carbonyl (C=O) groups is 1. The summed E-state index contributed by atoms with van der Waals surface area (Å²) in [6.45, 7) is 1.18. The van der Waals surface area contributed by atoms with Gasteiger partial charge in [0.1, 0.15) is 4.90 Å². The summed E-state index contributed by atoms with van der Waals surface area (Å²) in [5, 5.41) is 0.772. The van der Waals surface area contributed by atoms with Gasteiger partial charge in [-0.3, -0.25) is 4.79 Å². The summed E-state index contributed by atoms with van der Waals surface area (Å²) < 4.78 is 27.8. The zero-order valence-electron chi connectivity index (χ0n) is 15.5. The molecule has 8 heteroatoms. The molecule has 0 aliphatic carbocycles. The zero-order valence-corrected chi connectivity index (χ0v) is 18.7. The lowest BCUT2D eigenvalue weighted by molar-refractivity contribution is 0.0982. The van der Waals surface area contributed by atoms with Crippen molar-refractivity contribution in [3.8, 4) is 0 Å². The minimum absolute atomic E-state index is 0.129. The lowest BCUT2D eigenvalue weighted by Crippen LogP contribution is -2.35. The van der Waals surface area contributed by atoms with E-state index in [-0.39, 0.29) is 10.7 Å². The van der Waals surface area contributed by atoms with E-state index in [0.717, 1.165) is 46.5 Å². The van der Waals surface area contributed by atoms with Crippen molar-refractivity contribution in [2.45, 2.75) is 42.0 Å². The number of Topliss-reactive ketones (excluding diaryl/α,β-unsaturated/α-hetero) is 1. The van der Waals surface area contributed by atoms with Crippen molar-refractivity contribution in [3.63, 3.8) is 0 Å². The number of aromatic nitrogens is 1. The fourth-order valence-electron chi connectivity index (χ4n) is 3.05. The molecule has 0 radical (unpaired) electrons. The van der Waals surface area contributed by atoms with Crippen molar-refractivity contribution in [1.82, 2.24) is 9.29 Å². The Balaban J connectivity index is 1.48. The fourth-order valence-corrected chi connectivity index (χ4v) is 5.57. The summed E-state index contributed by atoms with van der Waals surface area (Å²) in [6.07, 6.45) is 5.59.